The Balaban J connectivity index is 2.99. The molecule has 0 aliphatic carbocycles. The van der Waals surface area contributed by atoms with Crippen LogP contribution >= 0.6 is 0 Å². The Morgan fingerprint density at radius 3 is 2.43 bits per heavy atom. The van der Waals surface area contributed by atoms with Gasteiger partial charge in [0.25, 0.3) is 0 Å². The van der Waals surface area contributed by atoms with E-state index >= 15 is 0 Å². The lowest BCUT2D eigenvalue weighted by Gasteiger charge is -2.29. The first-order valence-corrected chi connectivity index (χ1v) is 8.73. The van der Waals surface area contributed by atoms with E-state index in [0.29, 0.717) is 12.0 Å². The average molecular weight is 291 g/mol. The third kappa shape index (κ3) is 5.70. The minimum Gasteiger partial charge on any atom is -0.494 e. The fraction of sp³-hybridized carbons (Fsp3) is 0.684. The van der Waals surface area contributed by atoms with Crippen molar-refractivity contribution >= 4 is 0 Å². The maximum Gasteiger partial charge on any atom is 0.124 e. The SMILES string of the molecule is CCCCC(CC)C(NCCC)c1ccccc1OCC. The van der Waals surface area contributed by atoms with Crippen LogP contribution in [0.3, 0.4) is 0 Å². The normalized spacial score (nSPS) is 13.9. The number of rotatable bonds is 11. The summed E-state index contributed by atoms with van der Waals surface area (Å²) < 4.78 is 5.86. The van der Waals surface area contributed by atoms with Gasteiger partial charge >= 0.3 is 0 Å². The number of hydrogen-bond donors (Lipinski definition) is 1. The van der Waals surface area contributed by atoms with Crippen LogP contribution < -0.4 is 10.1 Å². The van der Waals surface area contributed by atoms with Crippen molar-refractivity contribution < 1.29 is 4.74 Å². The summed E-state index contributed by atoms with van der Waals surface area (Å²) in [7, 11) is 0. The van der Waals surface area contributed by atoms with Crippen LogP contribution in [0.4, 0.5) is 0 Å². The monoisotopic (exact) mass is 291 g/mol. The van der Waals surface area contributed by atoms with Gasteiger partial charge in [0.15, 0.2) is 0 Å². The molecule has 1 rings (SSSR count). The third-order valence-electron chi connectivity index (χ3n) is 4.09. The zero-order valence-corrected chi connectivity index (χ0v) is 14.3. The Kier molecular flexibility index (Phi) is 9.16. The minimum atomic E-state index is 0.407. The van der Waals surface area contributed by atoms with E-state index in [1.807, 2.05) is 0 Å². The fourth-order valence-electron chi connectivity index (χ4n) is 2.93. The summed E-state index contributed by atoms with van der Waals surface area (Å²) in [6, 6.07) is 8.94. The molecule has 120 valence electrons. The molecule has 0 aromatic heterocycles. The van der Waals surface area contributed by atoms with Crippen LogP contribution in [0.15, 0.2) is 24.3 Å². The summed E-state index contributed by atoms with van der Waals surface area (Å²) in [4.78, 5) is 0. The van der Waals surface area contributed by atoms with E-state index in [4.69, 9.17) is 4.74 Å². The zero-order valence-electron chi connectivity index (χ0n) is 14.3. The van der Waals surface area contributed by atoms with Crippen LogP contribution in [0.5, 0.6) is 5.75 Å². The van der Waals surface area contributed by atoms with Crippen molar-refractivity contribution in [2.24, 2.45) is 5.92 Å². The number of benzene rings is 1. The summed E-state index contributed by atoms with van der Waals surface area (Å²) in [5, 5.41) is 3.76. The number of para-hydroxylation sites is 1. The van der Waals surface area contributed by atoms with Crippen LogP contribution in [-0.4, -0.2) is 13.2 Å². The highest BCUT2D eigenvalue weighted by molar-refractivity contribution is 5.36. The molecule has 0 saturated carbocycles. The molecule has 2 nitrogen and oxygen atoms in total. The van der Waals surface area contributed by atoms with Gasteiger partial charge in [-0.25, -0.2) is 0 Å². The zero-order chi connectivity index (χ0) is 15.5. The van der Waals surface area contributed by atoms with E-state index in [0.717, 1.165) is 25.3 Å². The Morgan fingerprint density at radius 1 is 1.05 bits per heavy atom. The van der Waals surface area contributed by atoms with Crippen LogP contribution in [0.25, 0.3) is 0 Å². The van der Waals surface area contributed by atoms with Crippen LogP contribution in [0.1, 0.15) is 71.4 Å². The predicted molar refractivity (Wildman–Crippen MR) is 92.0 cm³/mol. The van der Waals surface area contributed by atoms with Gasteiger partial charge in [0.2, 0.25) is 0 Å². The third-order valence-corrected chi connectivity index (χ3v) is 4.09. The van der Waals surface area contributed by atoms with Gasteiger partial charge < -0.3 is 10.1 Å². The first-order valence-electron chi connectivity index (χ1n) is 8.73. The topological polar surface area (TPSA) is 21.3 Å². The maximum absolute atomic E-state index is 5.86. The minimum absolute atomic E-state index is 0.407. The molecule has 0 fully saturated rings. The second-order valence-corrected chi connectivity index (χ2v) is 5.71. The van der Waals surface area contributed by atoms with Crippen LogP contribution in [-0.2, 0) is 0 Å². The van der Waals surface area contributed by atoms with Crippen molar-refractivity contribution in [1.29, 1.82) is 0 Å². The second-order valence-electron chi connectivity index (χ2n) is 5.71. The standard InChI is InChI=1S/C19H33NO/c1-5-9-12-16(7-3)19(20-15-6-2)17-13-10-11-14-18(17)21-8-4/h10-11,13-14,16,19-20H,5-9,12,15H2,1-4H3. The van der Waals surface area contributed by atoms with E-state index in [1.54, 1.807) is 0 Å². The lowest BCUT2D eigenvalue weighted by molar-refractivity contribution is 0.296. The molecule has 0 radical (unpaired) electrons. The molecular weight excluding hydrogens is 258 g/mol. The first kappa shape index (κ1) is 18.0. The second kappa shape index (κ2) is 10.7. The fourth-order valence-corrected chi connectivity index (χ4v) is 2.93. The molecule has 0 bridgehead atoms. The molecule has 1 N–H and O–H groups in total. The summed E-state index contributed by atoms with van der Waals surface area (Å²) in [6.45, 7) is 10.7. The van der Waals surface area contributed by atoms with E-state index in [2.05, 4.69) is 57.3 Å². The Bertz CT molecular complexity index is 378. The molecule has 2 atom stereocenters. The van der Waals surface area contributed by atoms with Gasteiger partial charge in [-0.3, -0.25) is 0 Å². The number of hydrogen-bond acceptors (Lipinski definition) is 2. The highest BCUT2D eigenvalue weighted by Crippen LogP contribution is 2.34. The summed E-state index contributed by atoms with van der Waals surface area (Å²) >= 11 is 0. The number of unbranched alkanes of at least 4 members (excludes halogenated alkanes) is 1. The van der Waals surface area contributed by atoms with Crippen LogP contribution in [0.2, 0.25) is 0 Å². The molecule has 0 amide bonds. The molecule has 2 unspecified atom stereocenters. The molecule has 2 heteroatoms. The van der Waals surface area contributed by atoms with E-state index in [9.17, 15) is 0 Å². The number of ether oxygens (including phenoxy) is 1. The largest absolute Gasteiger partial charge is 0.494 e. The van der Waals surface area contributed by atoms with Crippen molar-refractivity contribution in [3.8, 4) is 5.75 Å². The van der Waals surface area contributed by atoms with Crippen molar-refractivity contribution in [2.45, 2.75) is 65.8 Å². The number of nitrogens with one attached hydrogen (secondary N) is 1. The lowest BCUT2D eigenvalue weighted by Crippen LogP contribution is -2.29. The van der Waals surface area contributed by atoms with Gasteiger partial charge in [-0.15, -0.1) is 0 Å². The van der Waals surface area contributed by atoms with Crippen molar-refractivity contribution in [3.05, 3.63) is 29.8 Å². The molecule has 1 aromatic rings. The molecule has 0 saturated heterocycles. The van der Waals surface area contributed by atoms with Crippen molar-refractivity contribution in [1.82, 2.24) is 5.32 Å². The van der Waals surface area contributed by atoms with Crippen LogP contribution in [0, 0.1) is 5.92 Å². The molecule has 0 aliphatic heterocycles. The van der Waals surface area contributed by atoms with Gasteiger partial charge in [0.05, 0.1) is 6.61 Å². The average Bonchev–Trinajstić information content (AvgIpc) is 2.52. The van der Waals surface area contributed by atoms with E-state index < -0.39 is 0 Å². The Hall–Kier alpha value is -1.02. The van der Waals surface area contributed by atoms with Gasteiger partial charge in [0.1, 0.15) is 5.75 Å². The van der Waals surface area contributed by atoms with E-state index in [1.165, 1.54) is 31.2 Å². The van der Waals surface area contributed by atoms with Gasteiger partial charge in [-0.1, -0.05) is 58.2 Å². The van der Waals surface area contributed by atoms with Gasteiger partial charge in [-0.05, 0) is 38.3 Å². The maximum atomic E-state index is 5.86. The molecular formula is C19H33NO. The molecule has 21 heavy (non-hydrogen) atoms. The van der Waals surface area contributed by atoms with Crippen molar-refractivity contribution in [3.63, 3.8) is 0 Å². The Labute approximate surface area is 131 Å². The molecule has 0 aliphatic rings. The van der Waals surface area contributed by atoms with Gasteiger partial charge in [-0.2, -0.15) is 0 Å². The smallest absolute Gasteiger partial charge is 0.124 e. The predicted octanol–water partition coefficient (Wildman–Crippen LogP) is 5.34. The van der Waals surface area contributed by atoms with E-state index in [-0.39, 0.29) is 0 Å². The van der Waals surface area contributed by atoms with Gasteiger partial charge in [0, 0.05) is 11.6 Å². The lowest BCUT2D eigenvalue weighted by atomic mass is 9.86. The molecule has 0 spiro atoms. The molecule has 0 heterocycles. The summed E-state index contributed by atoms with van der Waals surface area (Å²) in [6.07, 6.45) is 6.23. The Morgan fingerprint density at radius 2 is 1.81 bits per heavy atom. The summed E-state index contributed by atoms with van der Waals surface area (Å²) in [5.41, 5.74) is 1.33. The quantitative estimate of drug-likeness (QED) is 0.594. The first-order chi connectivity index (χ1) is 10.3. The van der Waals surface area contributed by atoms with Crippen molar-refractivity contribution in [2.75, 3.05) is 13.2 Å². The summed E-state index contributed by atoms with van der Waals surface area (Å²) in [5.74, 6) is 1.72. The highest BCUT2D eigenvalue weighted by atomic mass is 16.5. The highest BCUT2D eigenvalue weighted by Gasteiger charge is 2.23. The molecule has 1 aromatic carbocycles.